The Morgan fingerprint density at radius 1 is 1.25 bits per heavy atom. The summed E-state index contributed by atoms with van der Waals surface area (Å²) >= 11 is 1.32. The molecule has 0 aliphatic carbocycles. The maximum Gasteiger partial charge on any atom is 0.268 e. The predicted molar refractivity (Wildman–Crippen MR) is 74.3 cm³/mol. The Balaban J connectivity index is 2.00. The number of nitrogens with zero attached hydrogens (tertiary/aromatic N) is 3. The summed E-state index contributed by atoms with van der Waals surface area (Å²) in [7, 11) is 1.60. The van der Waals surface area contributed by atoms with Crippen molar-refractivity contribution in [2.75, 3.05) is 7.11 Å². The van der Waals surface area contributed by atoms with E-state index in [0.29, 0.717) is 22.3 Å². The fraction of sp³-hybridized carbons (Fsp3) is 0.0714. The Kier molecular flexibility index (Phi) is 3.19. The van der Waals surface area contributed by atoms with Gasteiger partial charge in [-0.2, -0.15) is 10.2 Å². The van der Waals surface area contributed by atoms with Crippen LogP contribution in [0.2, 0.25) is 0 Å². The summed E-state index contributed by atoms with van der Waals surface area (Å²) in [6.45, 7) is 0. The van der Waals surface area contributed by atoms with Gasteiger partial charge in [-0.25, -0.2) is 0 Å². The highest BCUT2D eigenvalue weighted by atomic mass is 32.1. The molecule has 0 saturated heterocycles. The van der Waals surface area contributed by atoms with E-state index < -0.39 is 0 Å². The van der Waals surface area contributed by atoms with Crippen molar-refractivity contribution in [3.8, 4) is 34.0 Å². The van der Waals surface area contributed by atoms with Crippen LogP contribution in [0.5, 0.6) is 5.75 Å². The minimum atomic E-state index is 0.400. The number of methoxy groups -OCH3 is 1. The molecule has 1 aromatic carbocycles. The molecule has 0 N–H and O–H groups in total. The van der Waals surface area contributed by atoms with Gasteiger partial charge in [-0.3, -0.25) is 0 Å². The molecule has 98 valence electrons. The van der Waals surface area contributed by atoms with Crippen LogP contribution in [-0.4, -0.2) is 17.3 Å². The maximum absolute atomic E-state index is 8.83. The molecule has 0 saturated carbocycles. The van der Waals surface area contributed by atoms with Crippen molar-refractivity contribution in [1.82, 2.24) is 10.1 Å². The summed E-state index contributed by atoms with van der Waals surface area (Å²) < 4.78 is 10.5. The smallest absolute Gasteiger partial charge is 0.268 e. The summed E-state index contributed by atoms with van der Waals surface area (Å²) in [5.41, 5.74) is 0.766. The molecule has 3 aromatic rings. The third-order valence-corrected chi connectivity index (χ3v) is 3.68. The van der Waals surface area contributed by atoms with E-state index in [4.69, 9.17) is 14.5 Å². The van der Waals surface area contributed by atoms with Crippen LogP contribution >= 0.6 is 11.3 Å². The number of nitriles is 1. The van der Waals surface area contributed by atoms with Crippen molar-refractivity contribution in [2.45, 2.75) is 0 Å². The quantitative estimate of drug-likeness (QED) is 0.737. The molecule has 0 aliphatic heterocycles. The van der Waals surface area contributed by atoms with Crippen LogP contribution in [0.25, 0.3) is 22.2 Å². The molecule has 20 heavy (non-hydrogen) atoms. The SMILES string of the molecule is COc1ccccc1-c1noc(-c2ccc(C#N)s2)n1. The number of aromatic nitrogens is 2. The molecule has 6 heteroatoms. The third kappa shape index (κ3) is 2.15. The van der Waals surface area contributed by atoms with E-state index in [0.717, 1.165) is 10.4 Å². The molecule has 0 amide bonds. The number of benzene rings is 1. The van der Waals surface area contributed by atoms with Crippen LogP contribution in [0, 0.1) is 11.3 Å². The van der Waals surface area contributed by atoms with Crippen molar-refractivity contribution < 1.29 is 9.26 Å². The van der Waals surface area contributed by atoms with E-state index in [-0.39, 0.29) is 0 Å². The molecule has 0 fully saturated rings. The zero-order chi connectivity index (χ0) is 13.9. The van der Waals surface area contributed by atoms with Gasteiger partial charge < -0.3 is 9.26 Å². The molecular weight excluding hydrogens is 274 g/mol. The van der Waals surface area contributed by atoms with Crippen LogP contribution in [0.1, 0.15) is 4.88 Å². The van der Waals surface area contributed by atoms with Gasteiger partial charge in [-0.15, -0.1) is 11.3 Å². The highest BCUT2D eigenvalue weighted by Crippen LogP contribution is 2.31. The molecule has 0 aliphatic rings. The second-order valence-corrected chi connectivity index (χ2v) is 4.98. The summed E-state index contributed by atoms with van der Waals surface area (Å²) in [6.07, 6.45) is 0. The molecular formula is C14H9N3O2S. The first-order valence-corrected chi connectivity index (χ1v) is 6.61. The van der Waals surface area contributed by atoms with E-state index in [1.807, 2.05) is 24.3 Å². The lowest BCUT2D eigenvalue weighted by atomic mass is 10.2. The maximum atomic E-state index is 8.83. The first-order chi connectivity index (χ1) is 9.81. The molecule has 0 radical (unpaired) electrons. The number of ether oxygens (including phenoxy) is 1. The minimum Gasteiger partial charge on any atom is -0.496 e. The third-order valence-electron chi connectivity index (χ3n) is 2.70. The largest absolute Gasteiger partial charge is 0.496 e. The van der Waals surface area contributed by atoms with Gasteiger partial charge in [0.15, 0.2) is 0 Å². The molecule has 0 spiro atoms. The highest BCUT2D eigenvalue weighted by molar-refractivity contribution is 7.15. The van der Waals surface area contributed by atoms with Crippen molar-refractivity contribution in [2.24, 2.45) is 0 Å². The Bertz CT molecular complexity index is 786. The summed E-state index contributed by atoms with van der Waals surface area (Å²) in [5.74, 6) is 1.55. The zero-order valence-electron chi connectivity index (χ0n) is 10.5. The van der Waals surface area contributed by atoms with Gasteiger partial charge in [-0.05, 0) is 24.3 Å². The van der Waals surface area contributed by atoms with E-state index in [2.05, 4.69) is 16.2 Å². The zero-order valence-corrected chi connectivity index (χ0v) is 11.3. The lowest BCUT2D eigenvalue weighted by Crippen LogP contribution is -1.88. The van der Waals surface area contributed by atoms with Crippen LogP contribution < -0.4 is 4.74 Å². The van der Waals surface area contributed by atoms with E-state index >= 15 is 0 Å². The summed E-state index contributed by atoms with van der Waals surface area (Å²) in [4.78, 5) is 5.73. The molecule has 2 heterocycles. The molecule has 2 aromatic heterocycles. The standard InChI is InChI=1S/C14H9N3O2S/c1-18-11-5-3-2-4-10(11)13-16-14(19-17-13)12-7-6-9(8-15)20-12/h2-7H,1H3. The Labute approximate surface area is 119 Å². The van der Waals surface area contributed by atoms with Crippen molar-refractivity contribution in [1.29, 1.82) is 5.26 Å². The number of hydrogen-bond donors (Lipinski definition) is 0. The molecule has 3 rings (SSSR count). The first-order valence-electron chi connectivity index (χ1n) is 5.79. The molecule has 5 nitrogen and oxygen atoms in total. The molecule has 0 unspecified atom stereocenters. The van der Waals surface area contributed by atoms with Gasteiger partial charge in [0.05, 0.1) is 17.6 Å². The lowest BCUT2D eigenvalue weighted by molar-refractivity contribution is 0.413. The number of thiophene rings is 1. The van der Waals surface area contributed by atoms with Crippen LogP contribution in [0.15, 0.2) is 40.9 Å². The fourth-order valence-electron chi connectivity index (χ4n) is 1.78. The fourth-order valence-corrected chi connectivity index (χ4v) is 2.50. The average molecular weight is 283 g/mol. The normalized spacial score (nSPS) is 10.2. The monoisotopic (exact) mass is 283 g/mol. The van der Waals surface area contributed by atoms with Gasteiger partial charge in [0.25, 0.3) is 5.89 Å². The number of para-hydroxylation sites is 1. The van der Waals surface area contributed by atoms with Gasteiger partial charge in [-0.1, -0.05) is 17.3 Å². The Morgan fingerprint density at radius 3 is 2.85 bits per heavy atom. The van der Waals surface area contributed by atoms with E-state index in [1.165, 1.54) is 11.3 Å². The van der Waals surface area contributed by atoms with E-state index in [9.17, 15) is 0 Å². The van der Waals surface area contributed by atoms with Gasteiger partial charge >= 0.3 is 0 Å². The first kappa shape index (κ1) is 12.4. The number of rotatable bonds is 3. The van der Waals surface area contributed by atoms with Crippen molar-refractivity contribution in [3.05, 3.63) is 41.3 Å². The highest BCUT2D eigenvalue weighted by Gasteiger charge is 2.15. The summed E-state index contributed by atoms with van der Waals surface area (Å²) in [6, 6.07) is 13.1. The minimum absolute atomic E-state index is 0.400. The predicted octanol–water partition coefficient (Wildman–Crippen LogP) is 3.35. The summed E-state index contributed by atoms with van der Waals surface area (Å²) in [5, 5.41) is 12.8. The van der Waals surface area contributed by atoms with E-state index in [1.54, 1.807) is 19.2 Å². The average Bonchev–Trinajstić information content (AvgIpc) is 3.15. The lowest BCUT2D eigenvalue weighted by Gasteiger charge is -2.02. The van der Waals surface area contributed by atoms with Gasteiger partial charge in [0.2, 0.25) is 5.82 Å². The van der Waals surface area contributed by atoms with Crippen LogP contribution in [0.4, 0.5) is 0 Å². The van der Waals surface area contributed by atoms with Crippen molar-refractivity contribution >= 4 is 11.3 Å². The molecule has 0 atom stereocenters. The van der Waals surface area contributed by atoms with Gasteiger partial charge in [0, 0.05) is 0 Å². The Morgan fingerprint density at radius 2 is 2.10 bits per heavy atom. The Hall–Kier alpha value is -2.65. The topological polar surface area (TPSA) is 71.9 Å². The van der Waals surface area contributed by atoms with Crippen LogP contribution in [-0.2, 0) is 0 Å². The number of hydrogen-bond acceptors (Lipinski definition) is 6. The van der Waals surface area contributed by atoms with Crippen LogP contribution in [0.3, 0.4) is 0 Å². The molecule has 0 bridgehead atoms. The second kappa shape index (κ2) is 5.15. The second-order valence-electron chi connectivity index (χ2n) is 3.90. The van der Waals surface area contributed by atoms with Gasteiger partial charge in [0.1, 0.15) is 16.7 Å². The van der Waals surface area contributed by atoms with Crippen molar-refractivity contribution in [3.63, 3.8) is 0 Å².